The third kappa shape index (κ3) is 13.0. The van der Waals surface area contributed by atoms with E-state index >= 15 is 0 Å². The van der Waals surface area contributed by atoms with E-state index in [1.807, 2.05) is 57.6 Å². The van der Waals surface area contributed by atoms with Gasteiger partial charge in [0.1, 0.15) is 5.75 Å². The van der Waals surface area contributed by atoms with Gasteiger partial charge in [-0.3, -0.25) is 14.8 Å². The van der Waals surface area contributed by atoms with Crippen LogP contribution in [0.25, 0.3) is 16.7 Å². The quantitative estimate of drug-likeness (QED) is 0.0480. The van der Waals surface area contributed by atoms with Crippen LogP contribution in [0.2, 0.25) is 0 Å². The zero-order valence-corrected chi connectivity index (χ0v) is 36.5. The molecule has 312 valence electrons. The van der Waals surface area contributed by atoms with E-state index in [1.54, 1.807) is 33.5 Å². The summed E-state index contributed by atoms with van der Waals surface area (Å²) in [5.74, 6) is 3.14. The van der Waals surface area contributed by atoms with Crippen molar-refractivity contribution < 1.29 is 28.5 Å². The molecule has 0 aliphatic heterocycles. The topological polar surface area (TPSA) is 100.0 Å². The molecule has 1 unspecified atom stereocenters. The number of nitrogens with one attached hydrogen (secondary N) is 1. The van der Waals surface area contributed by atoms with Crippen LogP contribution in [0, 0.1) is 11.8 Å². The summed E-state index contributed by atoms with van der Waals surface area (Å²) in [6.07, 6.45) is 10.3. The van der Waals surface area contributed by atoms with E-state index in [1.165, 1.54) is 23.6 Å². The predicted molar refractivity (Wildman–Crippen MR) is 246 cm³/mol. The second-order valence-corrected chi connectivity index (χ2v) is 14.5. The van der Waals surface area contributed by atoms with Gasteiger partial charge in [-0.25, -0.2) is 0 Å². The highest BCUT2D eigenvalue weighted by atomic mass is 16.5. The van der Waals surface area contributed by atoms with Gasteiger partial charge in [0, 0.05) is 54.8 Å². The molecule has 9 heteroatoms. The van der Waals surface area contributed by atoms with E-state index in [0.717, 1.165) is 46.7 Å². The van der Waals surface area contributed by atoms with Crippen LogP contribution in [0.4, 0.5) is 17.1 Å². The molecule has 0 aliphatic carbocycles. The Morgan fingerprint density at radius 1 is 0.678 bits per heavy atom. The molecule has 0 fully saturated rings. The number of allylic oxidation sites excluding steroid dienone is 5. The molecule has 0 saturated carbocycles. The van der Waals surface area contributed by atoms with Gasteiger partial charge in [-0.1, -0.05) is 56.8 Å². The highest BCUT2D eigenvalue weighted by Crippen LogP contribution is 2.39. The molecule has 0 radical (unpaired) electrons. The number of carbonyl (C=O) groups is 1. The molecule has 0 spiro atoms. The maximum Gasteiger partial charge on any atom is 0.163 e. The Labute approximate surface area is 351 Å². The summed E-state index contributed by atoms with van der Waals surface area (Å²) in [5.41, 5.74) is 9.37. The van der Waals surface area contributed by atoms with Gasteiger partial charge in [0.2, 0.25) is 0 Å². The zero-order chi connectivity index (χ0) is 42.9. The third-order valence-corrected chi connectivity index (χ3v) is 9.93. The number of anilines is 1. The van der Waals surface area contributed by atoms with Crippen LogP contribution in [0.5, 0.6) is 28.7 Å². The van der Waals surface area contributed by atoms with Crippen LogP contribution in [-0.2, 0) is 0 Å². The summed E-state index contributed by atoms with van der Waals surface area (Å²) >= 11 is 0. The predicted octanol–water partition coefficient (Wildman–Crippen LogP) is 12.5. The minimum Gasteiger partial charge on any atom is -0.497 e. The summed E-state index contributed by atoms with van der Waals surface area (Å²) in [7, 11) is 6.76. The summed E-state index contributed by atoms with van der Waals surface area (Å²) in [6.45, 7) is 16.7. The van der Waals surface area contributed by atoms with Gasteiger partial charge in [0.25, 0.3) is 0 Å². The fourth-order valence-electron chi connectivity index (χ4n) is 6.58. The smallest absolute Gasteiger partial charge is 0.163 e. The fourth-order valence-corrected chi connectivity index (χ4v) is 6.58. The summed E-state index contributed by atoms with van der Waals surface area (Å²) in [4.78, 5) is 22.4. The fraction of sp³-hybridized carbons (Fsp3) is 0.340. The van der Waals surface area contributed by atoms with Crippen molar-refractivity contribution in [2.45, 2.75) is 60.8 Å². The van der Waals surface area contributed by atoms with Gasteiger partial charge in [-0.05, 0) is 117 Å². The Morgan fingerprint density at radius 2 is 1.14 bits per heavy atom. The lowest BCUT2D eigenvalue weighted by molar-refractivity contribution is 0.101. The van der Waals surface area contributed by atoms with Gasteiger partial charge in [0.15, 0.2) is 28.8 Å². The maximum atomic E-state index is 12.7. The maximum absolute atomic E-state index is 12.7. The lowest BCUT2D eigenvalue weighted by Gasteiger charge is -2.16. The molecular weight excluding hydrogens is 739 g/mol. The van der Waals surface area contributed by atoms with Gasteiger partial charge < -0.3 is 29.0 Å². The minimum atomic E-state index is -0.109. The second-order valence-electron chi connectivity index (χ2n) is 14.5. The SMILES string of the molecule is C=C(C)c1cc(OC)c(OCCCOc2cc(/N=C\[C@@H](C)C/C(=C\C)c3ccc(NC)cc3)c(C(C)=O)cc2OC)cc1/N=C\C(C)C/C(=C\C)c1ccc(OC)cc1. The van der Waals surface area contributed by atoms with Crippen molar-refractivity contribution in [3.8, 4) is 28.7 Å². The number of rotatable bonds is 22. The number of aliphatic imine (C=N–C) groups is 2. The number of carbonyl (C=O) groups excluding carboxylic acids is 1. The Morgan fingerprint density at radius 3 is 1.54 bits per heavy atom. The number of ketones is 1. The monoisotopic (exact) mass is 799 g/mol. The highest BCUT2D eigenvalue weighted by molar-refractivity contribution is 6.00. The number of hydrogen-bond donors (Lipinski definition) is 1. The lowest BCUT2D eigenvalue weighted by Crippen LogP contribution is -2.07. The van der Waals surface area contributed by atoms with E-state index in [2.05, 4.69) is 81.2 Å². The Balaban J connectivity index is 1.43. The molecule has 0 amide bonds. The third-order valence-electron chi connectivity index (χ3n) is 9.93. The number of Topliss-reactive ketones (excluding diaryl/α,β-unsaturated/α-hetero) is 1. The molecular formula is C50H61N3O6. The van der Waals surface area contributed by atoms with Crippen molar-refractivity contribution in [1.29, 1.82) is 0 Å². The Hall–Kier alpha value is -6.09. The van der Waals surface area contributed by atoms with E-state index in [4.69, 9.17) is 33.7 Å². The first-order valence-electron chi connectivity index (χ1n) is 20.1. The van der Waals surface area contributed by atoms with Crippen LogP contribution in [-0.4, -0.2) is 59.8 Å². The van der Waals surface area contributed by atoms with Gasteiger partial charge >= 0.3 is 0 Å². The van der Waals surface area contributed by atoms with E-state index in [0.29, 0.717) is 53.9 Å². The van der Waals surface area contributed by atoms with Crippen molar-refractivity contribution in [2.24, 2.45) is 21.8 Å². The molecule has 4 aromatic rings. The molecule has 59 heavy (non-hydrogen) atoms. The highest BCUT2D eigenvalue weighted by Gasteiger charge is 2.17. The van der Waals surface area contributed by atoms with Crippen molar-refractivity contribution in [2.75, 3.05) is 46.9 Å². The van der Waals surface area contributed by atoms with Crippen LogP contribution in [0.3, 0.4) is 0 Å². The first-order valence-corrected chi connectivity index (χ1v) is 20.1. The molecule has 4 aromatic carbocycles. The molecule has 2 atom stereocenters. The summed E-state index contributed by atoms with van der Waals surface area (Å²) in [6, 6.07) is 23.8. The van der Waals surface area contributed by atoms with Gasteiger partial charge in [-0.15, -0.1) is 0 Å². The Bertz CT molecular complexity index is 2000. The van der Waals surface area contributed by atoms with Crippen molar-refractivity contribution >= 4 is 52.0 Å². The summed E-state index contributed by atoms with van der Waals surface area (Å²) in [5, 5.41) is 3.16. The van der Waals surface area contributed by atoms with Crippen molar-refractivity contribution in [1.82, 2.24) is 0 Å². The van der Waals surface area contributed by atoms with Crippen LogP contribution in [0.1, 0.15) is 87.9 Å². The van der Waals surface area contributed by atoms with Crippen LogP contribution in [0.15, 0.2) is 102 Å². The van der Waals surface area contributed by atoms with Crippen LogP contribution >= 0.6 is 0 Å². The van der Waals surface area contributed by atoms with Gasteiger partial charge in [-0.2, -0.15) is 0 Å². The Kier molecular flexibility index (Phi) is 17.6. The van der Waals surface area contributed by atoms with Crippen molar-refractivity contribution in [3.05, 3.63) is 114 Å². The van der Waals surface area contributed by atoms with E-state index < -0.39 is 0 Å². The molecule has 0 aromatic heterocycles. The molecule has 0 aliphatic rings. The average Bonchev–Trinajstić information content (AvgIpc) is 3.25. The molecule has 0 heterocycles. The number of hydrogen-bond acceptors (Lipinski definition) is 9. The first kappa shape index (κ1) is 45.6. The number of methoxy groups -OCH3 is 3. The average molecular weight is 800 g/mol. The van der Waals surface area contributed by atoms with Crippen LogP contribution < -0.4 is 29.0 Å². The minimum absolute atomic E-state index is 0.109. The molecule has 0 saturated heterocycles. The number of nitrogens with zero attached hydrogens (tertiary/aromatic N) is 2. The molecule has 9 nitrogen and oxygen atoms in total. The normalized spacial score (nSPS) is 13.0. The standard InChI is InChI=1S/C50H61N3O6/c1-12-37(39-15-19-41(51-8)20-16-39)25-35(6)32-53-46-30-50(48(57-11)28-44(46)36(7)54)59-24-14-23-58-49-29-45(43(33(3)4)27-47(49)56-10)52-31-34(5)26-38(13-2)40-17-21-42(55-9)22-18-40/h12-13,15-22,27-32,34-35,51H,3,14,23-26H2,1-2,4-11H3/b37-12+,38-13+,52-31-,53-32-/t34?,35-/m0/s1. The number of ether oxygens (including phenoxy) is 5. The lowest BCUT2D eigenvalue weighted by atomic mass is 9.95. The number of benzene rings is 4. The van der Waals surface area contributed by atoms with E-state index in [-0.39, 0.29) is 17.6 Å². The van der Waals surface area contributed by atoms with Gasteiger partial charge in [0.05, 0.1) is 45.9 Å². The summed E-state index contributed by atoms with van der Waals surface area (Å²) < 4.78 is 29.1. The van der Waals surface area contributed by atoms with E-state index in [9.17, 15) is 4.79 Å². The largest absolute Gasteiger partial charge is 0.497 e. The first-order chi connectivity index (χ1) is 28.4. The van der Waals surface area contributed by atoms with Crippen molar-refractivity contribution in [3.63, 3.8) is 0 Å². The molecule has 1 N–H and O–H groups in total. The molecule has 0 bridgehead atoms. The second kappa shape index (κ2) is 22.7. The molecule has 4 rings (SSSR count). The zero-order valence-electron chi connectivity index (χ0n) is 36.5.